The fourth-order valence-corrected chi connectivity index (χ4v) is 5.44. The summed E-state index contributed by atoms with van der Waals surface area (Å²) in [4.78, 5) is 13.7. The predicted octanol–water partition coefficient (Wildman–Crippen LogP) is -0.989. The molecule has 3 aromatic rings. The lowest BCUT2D eigenvalue weighted by atomic mass is 9.97. The Kier molecular flexibility index (Phi) is 9.60. The maximum atomic E-state index is 13.7. The molecule has 16 heteroatoms. The second-order valence-electron chi connectivity index (χ2n) is 10.6. The molecule has 10 atom stereocenters. The average molecular weight is 641 g/mol. The number of methoxy groups -OCH3 is 4. The molecule has 3 heterocycles. The summed E-state index contributed by atoms with van der Waals surface area (Å²) in [6.45, 7) is 0.728. The van der Waals surface area contributed by atoms with Crippen LogP contribution in [0.25, 0.3) is 21.9 Å². The number of hydrogen-bond acceptors (Lipinski definition) is 16. The minimum Gasteiger partial charge on any atom is -0.493 e. The van der Waals surface area contributed by atoms with Gasteiger partial charge in [0, 0.05) is 12.1 Å². The molecule has 6 N–H and O–H groups in total. The lowest BCUT2D eigenvalue weighted by Gasteiger charge is -2.45. The molecular formula is C29H36O16. The first-order chi connectivity index (χ1) is 21.5. The molecule has 0 saturated carbocycles. The predicted molar refractivity (Wildman–Crippen MR) is 152 cm³/mol. The Morgan fingerprint density at radius 1 is 0.711 bits per heavy atom. The number of hydrogen-bond donors (Lipinski definition) is 6. The molecule has 5 rings (SSSR count). The molecule has 2 aliphatic rings. The van der Waals surface area contributed by atoms with Crippen molar-refractivity contribution in [1.29, 1.82) is 0 Å². The molecule has 2 fully saturated rings. The van der Waals surface area contributed by atoms with Crippen molar-refractivity contribution < 1.29 is 73.0 Å². The van der Waals surface area contributed by atoms with Crippen LogP contribution in [0.3, 0.4) is 0 Å². The molecule has 2 saturated heterocycles. The molecule has 16 nitrogen and oxygen atoms in total. The third-order valence-electron chi connectivity index (χ3n) is 7.92. The zero-order chi connectivity index (χ0) is 32.7. The van der Waals surface area contributed by atoms with Gasteiger partial charge in [-0.25, -0.2) is 0 Å². The Morgan fingerprint density at radius 3 is 2.00 bits per heavy atom. The highest BCUT2D eigenvalue weighted by Crippen LogP contribution is 2.44. The third-order valence-corrected chi connectivity index (χ3v) is 7.92. The lowest BCUT2D eigenvalue weighted by molar-refractivity contribution is -0.354. The summed E-state index contributed by atoms with van der Waals surface area (Å²) in [7, 11) is 5.49. The number of fused-ring (bicyclic) bond motifs is 2. The molecule has 45 heavy (non-hydrogen) atoms. The average Bonchev–Trinajstić information content (AvgIpc) is 3.04. The molecule has 0 amide bonds. The van der Waals surface area contributed by atoms with Gasteiger partial charge in [0.2, 0.25) is 17.5 Å². The molecule has 0 bridgehead atoms. The van der Waals surface area contributed by atoms with E-state index in [1.807, 2.05) is 0 Å². The smallest absolute Gasteiger partial charge is 0.229 e. The number of aliphatic hydroxyl groups excluding tert-OH is 6. The third kappa shape index (κ3) is 5.73. The number of ether oxygens (including phenoxy) is 8. The number of benzene rings is 2. The van der Waals surface area contributed by atoms with Crippen molar-refractivity contribution in [3.63, 3.8) is 0 Å². The Hall–Kier alpha value is -3.45. The SMILES string of the molecule is COc1cc2c(=O)c3c(OC)c(OC)c(OC)cc3oc2cc1OC1OC(CO)C(O)C(O)C1OC1OC(C)C(O)C(O)C1O. The molecule has 2 aromatic carbocycles. The standard InChI is InChI=1S/C29H36O16/c1-10-19(31)22(34)24(36)28(41-10)45-27-23(35)21(33)17(9-30)44-29(27)43-14-7-12-11(6-13(14)37-2)20(32)18-15(42-12)8-16(38-3)25(39-4)26(18)40-5/h6-8,10,17,19,21-24,27-31,33-36H,9H2,1-5H3. The van der Waals surface area contributed by atoms with Crippen molar-refractivity contribution >= 4 is 21.9 Å². The van der Waals surface area contributed by atoms with Gasteiger partial charge in [0.1, 0.15) is 53.2 Å². The largest absolute Gasteiger partial charge is 0.493 e. The van der Waals surface area contributed by atoms with Crippen molar-refractivity contribution in [2.24, 2.45) is 0 Å². The van der Waals surface area contributed by atoms with Gasteiger partial charge in [0.05, 0.1) is 46.5 Å². The van der Waals surface area contributed by atoms with Gasteiger partial charge in [0.15, 0.2) is 35.4 Å². The Morgan fingerprint density at radius 2 is 1.38 bits per heavy atom. The first-order valence-electron chi connectivity index (χ1n) is 13.9. The van der Waals surface area contributed by atoms with Crippen molar-refractivity contribution in [3.05, 3.63) is 28.4 Å². The Bertz CT molecular complexity index is 1570. The zero-order valence-electron chi connectivity index (χ0n) is 25.0. The minimum atomic E-state index is -1.75. The zero-order valence-corrected chi connectivity index (χ0v) is 25.0. The van der Waals surface area contributed by atoms with E-state index >= 15 is 0 Å². The van der Waals surface area contributed by atoms with E-state index in [4.69, 9.17) is 42.3 Å². The highest BCUT2D eigenvalue weighted by molar-refractivity contribution is 5.97. The van der Waals surface area contributed by atoms with Gasteiger partial charge in [-0.15, -0.1) is 0 Å². The monoisotopic (exact) mass is 640 g/mol. The van der Waals surface area contributed by atoms with Crippen LogP contribution in [0.1, 0.15) is 6.92 Å². The number of rotatable bonds is 9. The van der Waals surface area contributed by atoms with E-state index in [0.717, 1.165) is 0 Å². The highest BCUT2D eigenvalue weighted by atomic mass is 16.8. The van der Waals surface area contributed by atoms with E-state index < -0.39 is 73.4 Å². The van der Waals surface area contributed by atoms with Crippen LogP contribution in [0.15, 0.2) is 27.4 Å². The maximum absolute atomic E-state index is 13.7. The van der Waals surface area contributed by atoms with Gasteiger partial charge in [-0.2, -0.15) is 0 Å². The van der Waals surface area contributed by atoms with Crippen LogP contribution in [0.4, 0.5) is 0 Å². The summed E-state index contributed by atoms with van der Waals surface area (Å²) in [6, 6.07) is 4.15. The molecule has 0 aliphatic carbocycles. The van der Waals surface area contributed by atoms with Gasteiger partial charge >= 0.3 is 0 Å². The summed E-state index contributed by atoms with van der Waals surface area (Å²) in [5.41, 5.74) is -0.339. The number of aliphatic hydroxyl groups is 6. The highest BCUT2D eigenvalue weighted by Gasteiger charge is 2.51. The summed E-state index contributed by atoms with van der Waals surface area (Å²) in [6.07, 6.45) is -15.3. The van der Waals surface area contributed by atoms with Crippen molar-refractivity contribution in [2.45, 2.75) is 68.3 Å². The maximum Gasteiger partial charge on any atom is 0.229 e. The van der Waals surface area contributed by atoms with Crippen LogP contribution in [-0.4, -0.2) is 127 Å². The van der Waals surface area contributed by atoms with E-state index in [1.54, 1.807) is 0 Å². The molecular weight excluding hydrogens is 604 g/mol. The second-order valence-corrected chi connectivity index (χ2v) is 10.6. The summed E-state index contributed by atoms with van der Waals surface area (Å²) >= 11 is 0. The van der Waals surface area contributed by atoms with Crippen molar-refractivity contribution in [3.8, 4) is 28.7 Å². The van der Waals surface area contributed by atoms with E-state index in [1.165, 1.54) is 53.6 Å². The van der Waals surface area contributed by atoms with Crippen LogP contribution < -0.4 is 29.1 Å². The minimum absolute atomic E-state index is 0.0261. The summed E-state index contributed by atoms with van der Waals surface area (Å²) in [5, 5.41) is 62.2. The van der Waals surface area contributed by atoms with Gasteiger partial charge in [-0.05, 0) is 13.0 Å². The van der Waals surface area contributed by atoms with E-state index in [2.05, 4.69) is 0 Å². The van der Waals surface area contributed by atoms with Crippen LogP contribution >= 0.6 is 0 Å². The Labute approximate surface area is 255 Å². The first kappa shape index (κ1) is 32.9. The quantitative estimate of drug-likeness (QED) is 0.154. The van der Waals surface area contributed by atoms with E-state index in [9.17, 15) is 35.4 Å². The molecule has 248 valence electrons. The fraction of sp³-hybridized carbons (Fsp3) is 0.552. The topological polar surface area (TPSA) is 225 Å². The Balaban J connectivity index is 1.57. The molecule has 0 spiro atoms. The summed E-state index contributed by atoms with van der Waals surface area (Å²) < 4.78 is 50.8. The van der Waals surface area contributed by atoms with Gasteiger partial charge in [-0.3, -0.25) is 4.79 Å². The van der Waals surface area contributed by atoms with Crippen molar-refractivity contribution in [2.75, 3.05) is 35.0 Å². The molecule has 10 unspecified atom stereocenters. The van der Waals surface area contributed by atoms with Crippen LogP contribution in [0.5, 0.6) is 28.7 Å². The molecule has 2 aliphatic heterocycles. The molecule has 1 aromatic heterocycles. The van der Waals surface area contributed by atoms with Crippen LogP contribution in [-0.2, 0) is 14.2 Å². The first-order valence-corrected chi connectivity index (χ1v) is 13.9. The van der Waals surface area contributed by atoms with E-state index in [0.29, 0.717) is 0 Å². The lowest BCUT2D eigenvalue weighted by Crippen LogP contribution is -2.64. The van der Waals surface area contributed by atoms with E-state index in [-0.39, 0.29) is 50.7 Å². The molecule has 0 radical (unpaired) electrons. The van der Waals surface area contributed by atoms with Gasteiger partial charge in [-0.1, -0.05) is 0 Å². The normalized spacial score (nSPS) is 32.0. The summed E-state index contributed by atoms with van der Waals surface area (Å²) in [5.74, 6) is 0.492. The van der Waals surface area contributed by atoms with Gasteiger partial charge < -0.3 is 73.0 Å². The van der Waals surface area contributed by atoms with Gasteiger partial charge in [0.25, 0.3) is 0 Å². The van der Waals surface area contributed by atoms with Crippen LogP contribution in [0.2, 0.25) is 0 Å². The fourth-order valence-electron chi connectivity index (χ4n) is 5.44. The van der Waals surface area contributed by atoms with Crippen LogP contribution in [0, 0.1) is 0 Å². The van der Waals surface area contributed by atoms with Crippen molar-refractivity contribution in [1.82, 2.24) is 0 Å². The second kappa shape index (κ2) is 13.1.